The topological polar surface area (TPSA) is 35.5 Å². The largest absolute Gasteiger partial charge is 0.487 e. The maximum Gasteiger partial charge on any atom is 0.487 e. The summed E-state index contributed by atoms with van der Waals surface area (Å²) < 4.78 is 24.0. The van der Waals surface area contributed by atoms with Crippen LogP contribution in [0.5, 0.6) is 0 Å². The Morgan fingerprint density at radius 3 is 2.19 bits per heavy atom. The summed E-state index contributed by atoms with van der Waals surface area (Å²) in [5.74, 6) is 1.91. The van der Waals surface area contributed by atoms with Gasteiger partial charge in [-0.1, -0.05) is 30.3 Å². The molecule has 0 unspecified atom stereocenters. The van der Waals surface area contributed by atoms with Gasteiger partial charge in [0, 0.05) is 5.30 Å². The third-order valence-corrected chi connectivity index (χ3v) is 5.73. The highest BCUT2D eigenvalue weighted by Crippen LogP contribution is 2.37. The maximum absolute atomic E-state index is 12.1. The Balaban J connectivity index is 2.15. The molecule has 1 aromatic carbocycles. The van der Waals surface area contributed by atoms with Gasteiger partial charge in [-0.15, -0.1) is 0 Å². The van der Waals surface area contributed by atoms with Crippen LogP contribution in [-0.4, -0.2) is 31.7 Å². The summed E-state index contributed by atoms with van der Waals surface area (Å²) in [6.45, 7) is 11.7. The molecule has 21 heavy (non-hydrogen) atoms. The molecule has 1 fully saturated rings. The molecule has 0 aliphatic carbocycles. The monoisotopic (exact) mass is 306 g/mol. The molecular formula is C16H24BO3P. The lowest BCUT2D eigenvalue weighted by molar-refractivity contribution is 0.00578. The molecule has 1 aliphatic heterocycles. The van der Waals surface area contributed by atoms with Crippen molar-refractivity contribution in [2.45, 2.75) is 38.9 Å². The van der Waals surface area contributed by atoms with Crippen molar-refractivity contribution in [3.05, 3.63) is 35.8 Å². The fraction of sp³-hybridized carbons (Fsp3) is 0.500. The van der Waals surface area contributed by atoms with E-state index in [2.05, 4.69) is 0 Å². The van der Waals surface area contributed by atoms with E-state index in [1.165, 1.54) is 0 Å². The van der Waals surface area contributed by atoms with Crippen molar-refractivity contribution in [1.29, 1.82) is 0 Å². The lowest BCUT2D eigenvalue weighted by Gasteiger charge is -2.32. The van der Waals surface area contributed by atoms with E-state index in [-0.39, 0.29) is 18.3 Å². The van der Waals surface area contributed by atoms with E-state index in [4.69, 9.17) is 9.31 Å². The lowest BCUT2D eigenvalue weighted by Crippen LogP contribution is -2.41. The zero-order chi connectivity index (χ0) is 15.9. The van der Waals surface area contributed by atoms with Gasteiger partial charge in [-0.3, -0.25) is 0 Å². The Morgan fingerprint density at radius 2 is 1.67 bits per heavy atom. The predicted octanol–water partition coefficient (Wildman–Crippen LogP) is 3.58. The molecule has 0 amide bonds. The van der Waals surface area contributed by atoms with Crippen LogP contribution in [0, 0.1) is 0 Å². The van der Waals surface area contributed by atoms with Gasteiger partial charge in [0.2, 0.25) is 0 Å². The Kier molecular flexibility index (Phi) is 4.27. The van der Waals surface area contributed by atoms with Crippen LogP contribution in [0.1, 0.15) is 33.3 Å². The molecule has 0 atom stereocenters. The molecule has 0 N–H and O–H groups in total. The number of rotatable bonds is 3. The highest BCUT2D eigenvalue weighted by atomic mass is 31.2. The second-order valence-corrected chi connectivity index (χ2v) is 10.1. The van der Waals surface area contributed by atoms with Crippen LogP contribution in [0.3, 0.4) is 0 Å². The van der Waals surface area contributed by atoms with Crippen LogP contribution >= 0.6 is 7.14 Å². The van der Waals surface area contributed by atoms with Gasteiger partial charge in [0.25, 0.3) is 0 Å². The van der Waals surface area contributed by atoms with Crippen molar-refractivity contribution < 1.29 is 13.9 Å². The SMILES string of the molecule is CC1(C)OB(/C=C/c2cccc(P(C)(C)=O)c2)OC1(C)C. The van der Waals surface area contributed by atoms with E-state index in [9.17, 15) is 4.57 Å². The molecule has 1 aromatic rings. The van der Waals surface area contributed by atoms with Gasteiger partial charge in [-0.25, -0.2) is 0 Å². The average molecular weight is 306 g/mol. The fourth-order valence-electron chi connectivity index (χ4n) is 2.12. The van der Waals surface area contributed by atoms with Gasteiger partial charge in [-0.05, 0) is 52.7 Å². The Labute approximate surface area is 128 Å². The molecule has 0 radical (unpaired) electrons. The summed E-state index contributed by atoms with van der Waals surface area (Å²) in [5.41, 5.74) is 0.352. The Hall–Kier alpha value is -0.825. The zero-order valence-electron chi connectivity index (χ0n) is 13.7. The first-order valence-electron chi connectivity index (χ1n) is 7.21. The second-order valence-electron chi connectivity index (χ2n) is 6.93. The summed E-state index contributed by atoms with van der Waals surface area (Å²) in [4.78, 5) is 0. The third-order valence-electron chi connectivity index (χ3n) is 4.21. The number of hydrogen-bond acceptors (Lipinski definition) is 3. The minimum atomic E-state index is -2.23. The molecular weight excluding hydrogens is 282 g/mol. The maximum atomic E-state index is 12.1. The van der Waals surface area contributed by atoms with Crippen LogP contribution in [0.2, 0.25) is 0 Å². The first-order chi connectivity index (χ1) is 9.51. The minimum absolute atomic E-state index is 0.327. The molecule has 0 spiro atoms. The van der Waals surface area contributed by atoms with Crippen LogP contribution in [0.25, 0.3) is 6.08 Å². The highest BCUT2D eigenvalue weighted by molar-refractivity contribution is 7.70. The van der Waals surface area contributed by atoms with Crippen molar-refractivity contribution in [2.75, 3.05) is 13.3 Å². The summed E-state index contributed by atoms with van der Waals surface area (Å²) in [6, 6.07) is 7.79. The van der Waals surface area contributed by atoms with E-state index in [0.29, 0.717) is 0 Å². The lowest BCUT2D eigenvalue weighted by atomic mass is 9.89. The fourth-order valence-corrected chi connectivity index (χ4v) is 3.03. The zero-order valence-corrected chi connectivity index (χ0v) is 14.6. The summed E-state index contributed by atoms with van der Waals surface area (Å²) in [5, 5.41) is 0.888. The molecule has 0 aromatic heterocycles. The van der Waals surface area contributed by atoms with Crippen molar-refractivity contribution in [2.24, 2.45) is 0 Å². The molecule has 114 valence electrons. The van der Waals surface area contributed by atoms with Gasteiger partial charge >= 0.3 is 7.12 Å². The molecule has 2 rings (SSSR count). The van der Waals surface area contributed by atoms with E-state index in [1.54, 1.807) is 13.3 Å². The van der Waals surface area contributed by atoms with Crippen LogP contribution in [0.15, 0.2) is 30.2 Å². The van der Waals surface area contributed by atoms with E-state index in [1.807, 2.05) is 64.0 Å². The normalized spacial score (nSPS) is 21.1. The highest BCUT2D eigenvalue weighted by Gasteiger charge is 2.49. The Bertz CT molecular complexity index is 585. The Morgan fingerprint density at radius 1 is 1.10 bits per heavy atom. The average Bonchev–Trinajstić information content (AvgIpc) is 2.55. The van der Waals surface area contributed by atoms with Gasteiger partial charge in [0.05, 0.1) is 11.2 Å². The van der Waals surface area contributed by atoms with Crippen molar-refractivity contribution >= 4 is 25.6 Å². The quantitative estimate of drug-likeness (QED) is 0.632. The number of hydrogen-bond donors (Lipinski definition) is 0. The van der Waals surface area contributed by atoms with E-state index < -0.39 is 7.14 Å². The van der Waals surface area contributed by atoms with E-state index >= 15 is 0 Å². The van der Waals surface area contributed by atoms with Crippen LogP contribution < -0.4 is 5.30 Å². The molecule has 1 aliphatic rings. The second kappa shape index (κ2) is 5.42. The number of benzene rings is 1. The minimum Gasteiger partial charge on any atom is -0.400 e. The molecule has 3 nitrogen and oxygen atoms in total. The molecule has 1 heterocycles. The van der Waals surface area contributed by atoms with Crippen molar-refractivity contribution in [1.82, 2.24) is 0 Å². The van der Waals surface area contributed by atoms with Crippen molar-refractivity contribution in [3.8, 4) is 0 Å². The summed E-state index contributed by atoms with van der Waals surface area (Å²) >= 11 is 0. The third kappa shape index (κ3) is 3.69. The first kappa shape index (κ1) is 16.5. The van der Waals surface area contributed by atoms with Gasteiger partial charge in [-0.2, -0.15) is 0 Å². The first-order valence-corrected chi connectivity index (χ1v) is 9.81. The van der Waals surface area contributed by atoms with Gasteiger partial charge in [0.15, 0.2) is 0 Å². The summed E-state index contributed by atoms with van der Waals surface area (Å²) in [7, 11) is -2.58. The predicted molar refractivity (Wildman–Crippen MR) is 90.6 cm³/mol. The van der Waals surface area contributed by atoms with Gasteiger partial charge in [0.1, 0.15) is 7.14 Å². The summed E-state index contributed by atoms with van der Waals surface area (Å²) in [6.07, 6.45) is 1.96. The van der Waals surface area contributed by atoms with Crippen molar-refractivity contribution in [3.63, 3.8) is 0 Å². The van der Waals surface area contributed by atoms with Gasteiger partial charge < -0.3 is 13.9 Å². The standard InChI is InChI=1S/C16H24BO3P/c1-15(2)16(3,4)20-17(19-15)11-10-13-8-7-9-14(12-13)21(5,6)18/h7-12H,1-6H3/b11-10+. The smallest absolute Gasteiger partial charge is 0.400 e. The molecule has 0 saturated carbocycles. The molecule has 0 bridgehead atoms. The van der Waals surface area contributed by atoms with E-state index in [0.717, 1.165) is 10.9 Å². The molecule has 5 heteroatoms. The van der Waals surface area contributed by atoms with Crippen LogP contribution in [-0.2, 0) is 13.9 Å². The van der Waals surface area contributed by atoms with Crippen LogP contribution in [0.4, 0.5) is 0 Å². The molecule has 1 saturated heterocycles.